The molecule has 0 radical (unpaired) electrons. The van der Waals surface area contributed by atoms with Crippen molar-refractivity contribution in [2.45, 2.75) is 44.1 Å². The Balaban J connectivity index is 1.45. The highest BCUT2D eigenvalue weighted by Gasteiger charge is 2.46. The van der Waals surface area contributed by atoms with Crippen LogP contribution in [0, 0.1) is 6.92 Å². The van der Waals surface area contributed by atoms with Crippen molar-refractivity contribution < 1.29 is 16.3 Å². The Morgan fingerprint density at radius 1 is 1.25 bits per heavy atom. The molecule has 1 saturated heterocycles. The molecule has 2 atom stereocenters. The molecule has 3 heterocycles. The minimum Gasteiger partial charge on any atom is -0.297 e. The number of carbonyl (C=O) groups is 1. The second-order valence-electron chi connectivity index (χ2n) is 7.58. The lowest BCUT2D eigenvalue weighted by Crippen LogP contribution is -2.48. The molecule has 7 heteroatoms. The van der Waals surface area contributed by atoms with Crippen LogP contribution < -0.4 is 5.32 Å². The summed E-state index contributed by atoms with van der Waals surface area (Å²) in [7, 11) is 0. The fourth-order valence-electron chi connectivity index (χ4n) is 3.78. The van der Waals surface area contributed by atoms with Crippen LogP contribution >= 0.6 is 0 Å². The van der Waals surface area contributed by atoms with Gasteiger partial charge < -0.3 is 0 Å². The highest BCUT2D eigenvalue weighted by atomic mass is 19.3. The minimum absolute atomic E-state index is 0.117. The average Bonchev–Trinajstić information content (AvgIpc) is 2.95. The maximum Gasteiger partial charge on any atom is 0.248 e. The topological polar surface area (TPSA) is 58.1 Å². The summed E-state index contributed by atoms with van der Waals surface area (Å²) in [4.78, 5) is 22.7. The maximum atomic E-state index is 13.6. The van der Waals surface area contributed by atoms with Gasteiger partial charge in [-0.3, -0.25) is 25.0 Å². The summed E-state index contributed by atoms with van der Waals surface area (Å²) in [5.41, 5.74) is 2.01. The first-order valence-electron chi connectivity index (χ1n) is 10.5. The lowest BCUT2D eigenvalue weighted by Gasteiger charge is -2.37. The zero-order valence-electron chi connectivity index (χ0n) is 17.7. The van der Waals surface area contributed by atoms with Crippen molar-refractivity contribution in [3.8, 4) is 11.1 Å². The van der Waals surface area contributed by atoms with Gasteiger partial charge in [-0.25, -0.2) is 8.78 Å². The molecule has 1 aliphatic heterocycles. The third kappa shape index (κ3) is 3.95. The molecular weight excluding hydrogens is 362 g/mol. The zero-order chi connectivity index (χ0) is 21.5. The van der Waals surface area contributed by atoms with Crippen molar-refractivity contribution in [1.82, 2.24) is 20.2 Å². The summed E-state index contributed by atoms with van der Waals surface area (Å²) in [5.74, 6) is -3.02. The summed E-state index contributed by atoms with van der Waals surface area (Å²) in [5, 5.41) is 2.99. The summed E-state index contributed by atoms with van der Waals surface area (Å²) in [6.45, 7) is -0.182. The summed E-state index contributed by atoms with van der Waals surface area (Å²) in [6.07, 6.45) is 2.95. The van der Waals surface area contributed by atoms with E-state index in [2.05, 4.69) is 15.3 Å². The van der Waals surface area contributed by atoms with Gasteiger partial charge in [-0.05, 0) is 31.9 Å². The van der Waals surface area contributed by atoms with Crippen LogP contribution in [-0.2, 0) is 0 Å². The molecule has 2 aromatic heterocycles. The predicted octanol–water partition coefficient (Wildman–Crippen LogP) is 3.45. The maximum absolute atomic E-state index is 13.6. The third-order valence-corrected chi connectivity index (χ3v) is 5.50. The smallest absolute Gasteiger partial charge is 0.248 e. The number of alkyl halides is 2. The second-order valence-corrected chi connectivity index (χ2v) is 7.58. The summed E-state index contributed by atoms with van der Waals surface area (Å²) < 4.78 is 43.9. The standard InChI is InChI=1S/C21H24F2N4O/c1-15-17(3-2-10-24-15)16-4-5-18(25-11-16)19(28)12-27-13-20(26-14-27)6-8-21(22,23)9-7-20/h2-5,10-11,26H,6-9,12-14H2,1H3/i13D,14D. The van der Waals surface area contributed by atoms with Gasteiger partial charge in [0.05, 0.1) is 7.92 Å². The number of carbonyl (C=O) groups excluding carboxylic acids is 1. The van der Waals surface area contributed by atoms with E-state index in [0.29, 0.717) is 0 Å². The van der Waals surface area contributed by atoms with E-state index in [-0.39, 0.29) is 43.7 Å². The van der Waals surface area contributed by atoms with Crippen LogP contribution in [0.2, 0.25) is 0 Å². The first-order chi connectivity index (χ1) is 14.2. The van der Waals surface area contributed by atoms with Crippen LogP contribution in [0.15, 0.2) is 36.7 Å². The number of ketones is 1. The van der Waals surface area contributed by atoms with E-state index < -0.39 is 24.6 Å². The Morgan fingerprint density at radius 2 is 2.04 bits per heavy atom. The van der Waals surface area contributed by atoms with Crippen LogP contribution in [0.3, 0.4) is 0 Å². The van der Waals surface area contributed by atoms with Gasteiger partial charge in [0.15, 0.2) is 5.78 Å². The number of pyridine rings is 2. The van der Waals surface area contributed by atoms with Gasteiger partial charge in [0.2, 0.25) is 5.92 Å². The Bertz CT molecular complexity index is 931. The molecule has 1 aliphatic carbocycles. The number of aromatic nitrogens is 2. The number of halogens is 2. The largest absolute Gasteiger partial charge is 0.297 e. The number of hydrogen-bond acceptors (Lipinski definition) is 5. The fraction of sp³-hybridized carbons (Fsp3) is 0.476. The van der Waals surface area contributed by atoms with E-state index in [9.17, 15) is 13.6 Å². The van der Waals surface area contributed by atoms with Crippen LogP contribution in [-0.4, -0.2) is 51.8 Å². The normalized spacial score (nSPS) is 27.4. The number of nitrogens with one attached hydrogen (secondary N) is 1. The molecule has 2 unspecified atom stereocenters. The van der Waals surface area contributed by atoms with Crippen molar-refractivity contribution in [3.63, 3.8) is 0 Å². The monoisotopic (exact) mass is 388 g/mol. The van der Waals surface area contributed by atoms with Gasteiger partial charge in [0.25, 0.3) is 0 Å². The fourth-order valence-corrected chi connectivity index (χ4v) is 3.78. The molecule has 0 aromatic carbocycles. The Kier molecular flexibility index (Phi) is 4.35. The summed E-state index contributed by atoms with van der Waals surface area (Å²) in [6, 6.07) is 7.19. The molecule has 2 fully saturated rings. The first-order valence-corrected chi connectivity index (χ1v) is 9.38. The van der Waals surface area contributed by atoms with Crippen molar-refractivity contribution in [3.05, 3.63) is 48.0 Å². The number of rotatable bonds is 4. The molecule has 0 bridgehead atoms. The average molecular weight is 388 g/mol. The number of aryl methyl sites for hydroxylation is 1. The molecule has 5 nitrogen and oxygen atoms in total. The van der Waals surface area contributed by atoms with Crippen LogP contribution in [0.25, 0.3) is 11.1 Å². The van der Waals surface area contributed by atoms with Crippen LogP contribution in [0.1, 0.15) is 44.6 Å². The first kappa shape index (κ1) is 16.7. The number of Topliss-reactive ketones (excluding diaryl/α,β-unsaturated/α-hetero) is 1. The van der Waals surface area contributed by atoms with Crippen LogP contribution in [0.4, 0.5) is 8.78 Å². The van der Waals surface area contributed by atoms with Gasteiger partial charge in [-0.15, -0.1) is 0 Å². The lowest BCUT2D eigenvalue weighted by atomic mass is 9.80. The Morgan fingerprint density at radius 3 is 2.71 bits per heavy atom. The third-order valence-electron chi connectivity index (χ3n) is 5.50. The van der Waals surface area contributed by atoms with Crippen molar-refractivity contribution >= 4 is 5.78 Å². The molecular formula is C21H24F2N4O. The minimum atomic E-state index is -2.72. The molecule has 1 N–H and O–H groups in total. The Hall–Kier alpha value is -2.25. The van der Waals surface area contributed by atoms with E-state index in [1.54, 1.807) is 24.5 Å². The quantitative estimate of drug-likeness (QED) is 0.813. The molecule has 1 spiro atoms. The molecule has 2 aliphatic rings. The summed E-state index contributed by atoms with van der Waals surface area (Å²) >= 11 is 0. The number of nitrogens with zero attached hydrogens (tertiary/aromatic N) is 3. The van der Waals surface area contributed by atoms with Gasteiger partial charge in [0, 0.05) is 62.1 Å². The van der Waals surface area contributed by atoms with E-state index in [4.69, 9.17) is 2.74 Å². The number of hydrogen-bond donors (Lipinski definition) is 1. The van der Waals surface area contributed by atoms with Crippen molar-refractivity contribution in [2.75, 3.05) is 19.7 Å². The zero-order valence-corrected chi connectivity index (χ0v) is 15.7. The molecule has 4 rings (SSSR count). The lowest BCUT2D eigenvalue weighted by molar-refractivity contribution is -0.0524. The molecule has 148 valence electrons. The van der Waals surface area contributed by atoms with E-state index in [0.717, 1.165) is 16.8 Å². The van der Waals surface area contributed by atoms with E-state index >= 15 is 0 Å². The predicted molar refractivity (Wildman–Crippen MR) is 102 cm³/mol. The van der Waals surface area contributed by atoms with E-state index in [1.165, 1.54) is 4.90 Å². The molecule has 2 aromatic rings. The molecule has 0 amide bonds. The van der Waals surface area contributed by atoms with Gasteiger partial charge >= 0.3 is 0 Å². The van der Waals surface area contributed by atoms with Crippen LogP contribution in [0.5, 0.6) is 0 Å². The highest BCUT2D eigenvalue weighted by molar-refractivity contribution is 5.96. The highest BCUT2D eigenvalue weighted by Crippen LogP contribution is 2.40. The van der Waals surface area contributed by atoms with E-state index in [1.807, 2.05) is 19.1 Å². The second kappa shape index (κ2) is 7.29. The molecule has 1 saturated carbocycles. The van der Waals surface area contributed by atoms with Gasteiger partial charge in [0.1, 0.15) is 5.69 Å². The Labute approximate surface area is 166 Å². The van der Waals surface area contributed by atoms with Crippen molar-refractivity contribution in [1.29, 1.82) is 0 Å². The van der Waals surface area contributed by atoms with Gasteiger partial charge in [-0.2, -0.15) is 0 Å². The SMILES string of the molecule is [2H]C1NC2(CCC(F)(F)CC2)C([2H])N1CC(=O)c1ccc(-c2cccnc2C)cn1. The molecule has 28 heavy (non-hydrogen) atoms. The van der Waals surface area contributed by atoms with Gasteiger partial charge in [-0.1, -0.05) is 12.1 Å². The van der Waals surface area contributed by atoms with Crippen molar-refractivity contribution in [2.24, 2.45) is 0 Å².